The lowest BCUT2D eigenvalue weighted by molar-refractivity contribution is -0.125. The highest BCUT2D eigenvalue weighted by Gasteiger charge is 2.41. The fourth-order valence-corrected chi connectivity index (χ4v) is 3.84. The van der Waals surface area contributed by atoms with E-state index in [4.69, 9.17) is 10.5 Å². The van der Waals surface area contributed by atoms with E-state index >= 15 is 0 Å². The van der Waals surface area contributed by atoms with E-state index in [2.05, 4.69) is 30.9 Å². The van der Waals surface area contributed by atoms with Gasteiger partial charge in [0.2, 0.25) is 5.91 Å². The Bertz CT molecular complexity index is 703. The smallest absolute Gasteiger partial charge is 0.231 e. The monoisotopic (exact) mass is 384 g/mol. The minimum Gasteiger partial charge on any atom is -0.371 e. The lowest BCUT2D eigenvalue weighted by Gasteiger charge is -2.49. The second kappa shape index (κ2) is 9.53. The number of rotatable bonds is 10. The summed E-state index contributed by atoms with van der Waals surface area (Å²) < 4.78 is 6.03. The molecule has 154 valence electrons. The van der Waals surface area contributed by atoms with Gasteiger partial charge in [-0.25, -0.2) is 0 Å². The molecule has 2 rings (SSSR count). The van der Waals surface area contributed by atoms with Gasteiger partial charge in [0.25, 0.3) is 0 Å². The molecule has 0 saturated carbocycles. The number of hydrogen-bond donors (Lipinski definition) is 1. The van der Waals surface area contributed by atoms with Crippen LogP contribution in [-0.4, -0.2) is 35.5 Å². The Kier molecular flexibility index (Phi) is 7.62. The van der Waals surface area contributed by atoms with Gasteiger partial charge in [0.15, 0.2) is 0 Å². The van der Waals surface area contributed by atoms with Gasteiger partial charge in [0, 0.05) is 18.6 Å². The van der Waals surface area contributed by atoms with Gasteiger partial charge in [-0.2, -0.15) is 0 Å². The van der Waals surface area contributed by atoms with Crippen molar-refractivity contribution in [2.45, 2.75) is 65.7 Å². The molecule has 4 nitrogen and oxygen atoms in total. The van der Waals surface area contributed by atoms with Crippen LogP contribution in [0.25, 0.3) is 0 Å². The molecule has 1 fully saturated rings. The Morgan fingerprint density at radius 1 is 1.21 bits per heavy atom. The number of carbonyl (C=O) groups is 1. The van der Waals surface area contributed by atoms with E-state index in [1.807, 2.05) is 57.2 Å². The van der Waals surface area contributed by atoms with Gasteiger partial charge in [-0.15, -0.1) is 0 Å². The normalized spacial score (nSPS) is 18.8. The molecule has 1 aromatic rings. The topological polar surface area (TPSA) is 55.6 Å². The third kappa shape index (κ3) is 5.12. The van der Waals surface area contributed by atoms with Crippen LogP contribution in [0.3, 0.4) is 0 Å². The number of nitrogens with two attached hydrogens (primary N) is 1. The molecule has 1 atom stereocenters. The standard InChI is InChI=1S/C24H36N2O2/c1-6-13-24(22(25)27,19(3)7-2)15-14-23(4,5)26-16-21(17-26)28-18-20-11-9-8-10-12-20/h6-13,21H,14-18H2,1-5H3,(H2,25,27)/b13-6+,19-7+. The summed E-state index contributed by atoms with van der Waals surface area (Å²) >= 11 is 0. The number of nitrogens with zero attached hydrogens (tertiary/aromatic N) is 1. The molecule has 1 amide bonds. The minimum atomic E-state index is -0.700. The molecule has 0 radical (unpaired) electrons. The van der Waals surface area contributed by atoms with Gasteiger partial charge in [-0.1, -0.05) is 54.1 Å². The number of amides is 1. The summed E-state index contributed by atoms with van der Waals surface area (Å²) in [6, 6.07) is 10.3. The van der Waals surface area contributed by atoms with Gasteiger partial charge in [0.1, 0.15) is 0 Å². The summed E-state index contributed by atoms with van der Waals surface area (Å²) in [6.45, 7) is 12.9. The van der Waals surface area contributed by atoms with E-state index in [0.717, 1.165) is 25.1 Å². The first kappa shape index (κ1) is 22.4. The van der Waals surface area contributed by atoms with Gasteiger partial charge < -0.3 is 10.5 Å². The Hall–Kier alpha value is -1.91. The Labute approximate surface area is 170 Å². The predicted octanol–water partition coefficient (Wildman–Crippen LogP) is 4.46. The number of carbonyl (C=O) groups excluding carboxylic acids is 1. The molecule has 1 aromatic carbocycles. The zero-order chi connectivity index (χ0) is 20.8. The second-order valence-corrected chi connectivity index (χ2v) is 8.44. The van der Waals surface area contributed by atoms with Crippen LogP contribution < -0.4 is 5.73 Å². The molecular weight excluding hydrogens is 348 g/mol. The first-order chi connectivity index (χ1) is 13.2. The van der Waals surface area contributed by atoms with Crippen molar-refractivity contribution < 1.29 is 9.53 Å². The molecular formula is C24H36N2O2. The summed E-state index contributed by atoms with van der Waals surface area (Å²) in [7, 11) is 0. The summed E-state index contributed by atoms with van der Waals surface area (Å²) in [5, 5.41) is 0. The van der Waals surface area contributed by atoms with Crippen molar-refractivity contribution in [3.63, 3.8) is 0 Å². The maximum absolute atomic E-state index is 12.4. The van der Waals surface area contributed by atoms with Gasteiger partial charge in [-0.3, -0.25) is 9.69 Å². The van der Waals surface area contributed by atoms with E-state index in [0.29, 0.717) is 13.0 Å². The summed E-state index contributed by atoms with van der Waals surface area (Å²) in [5.41, 5.74) is 7.35. The number of ether oxygens (including phenoxy) is 1. The largest absolute Gasteiger partial charge is 0.371 e. The van der Waals surface area contributed by atoms with E-state index in [1.165, 1.54) is 5.56 Å². The predicted molar refractivity (Wildman–Crippen MR) is 116 cm³/mol. The van der Waals surface area contributed by atoms with Crippen LogP contribution in [0.2, 0.25) is 0 Å². The number of primary amides is 1. The highest BCUT2D eigenvalue weighted by atomic mass is 16.5. The summed E-state index contributed by atoms with van der Waals surface area (Å²) in [5.74, 6) is -0.273. The maximum atomic E-state index is 12.4. The van der Waals surface area contributed by atoms with Crippen LogP contribution in [-0.2, 0) is 16.1 Å². The van der Waals surface area contributed by atoms with Crippen LogP contribution in [0.1, 0.15) is 53.0 Å². The Morgan fingerprint density at radius 2 is 1.86 bits per heavy atom. The second-order valence-electron chi connectivity index (χ2n) is 8.44. The van der Waals surface area contributed by atoms with E-state index in [-0.39, 0.29) is 17.6 Å². The highest BCUT2D eigenvalue weighted by Crippen LogP contribution is 2.38. The highest BCUT2D eigenvalue weighted by molar-refractivity contribution is 5.86. The summed E-state index contributed by atoms with van der Waals surface area (Å²) in [6.07, 6.45) is 7.76. The lowest BCUT2D eigenvalue weighted by Crippen LogP contribution is -2.61. The van der Waals surface area contributed by atoms with Crippen LogP contribution in [0.5, 0.6) is 0 Å². The maximum Gasteiger partial charge on any atom is 0.231 e. The molecule has 1 heterocycles. The van der Waals surface area contributed by atoms with Crippen LogP contribution in [0.4, 0.5) is 0 Å². The van der Waals surface area contributed by atoms with Gasteiger partial charge in [-0.05, 0) is 53.0 Å². The van der Waals surface area contributed by atoms with Gasteiger partial charge in [0.05, 0.1) is 18.1 Å². The number of likely N-dealkylation sites (tertiary alicyclic amines) is 1. The molecule has 0 bridgehead atoms. The number of hydrogen-bond acceptors (Lipinski definition) is 3. The number of benzene rings is 1. The first-order valence-corrected chi connectivity index (χ1v) is 10.2. The average Bonchev–Trinajstić information content (AvgIpc) is 2.63. The van der Waals surface area contributed by atoms with Crippen LogP contribution in [0.15, 0.2) is 54.1 Å². The zero-order valence-electron chi connectivity index (χ0n) is 18.1. The minimum absolute atomic E-state index is 0.0110. The van der Waals surface area contributed by atoms with Crippen molar-refractivity contribution in [3.05, 3.63) is 59.7 Å². The molecule has 2 N–H and O–H groups in total. The fourth-order valence-electron chi connectivity index (χ4n) is 3.84. The SMILES string of the molecule is C/C=C/C(CCC(C)(C)N1CC(OCc2ccccc2)C1)(C(N)=O)/C(C)=C/C. The Balaban J connectivity index is 1.92. The lowest BCUT2D eigenvalue weighted by atomic mass is 9.73. The first-order valence-electron chi connectivity index (χ1n) is 10.2. The molecule has 1 saturated heterocycles. The quantitative estimate of drug-likeness (QED) is 0.606. The molecule has 1 aliphatic rings. The van der Waals surface area contributed by atoms with Crippen molar-refractivity contribution in [2.24, 2.45) is 11.1 Å². The molecule has 4 heteroatoms. The molecule has 0 spiro atoms. The van der Waals surface area contributed by atoms with E-state index in [1.54, 1.807) is 0 Å². The summed E-state index contributed by atoms with van der Waals surface area (Å²) in [4.78, 5) is 14.8. The molecule has 1 aliphatic heterocycles. The Morgan fingerprint density at radius 3 is 2.39 bits per heavy atom. The zero-order valence-corrected chi connectivity index (χ0v) is 18.1. The average molecular weight is 385 g/mol. The van der Waals surface area contributed by atoms with Crippen molar-refractivity contribution in [1.82, 2.24) is 4.90 Å². The van der Waals surface area contributed by atoms with Crippen molar-refractivity contribution in [3.8, 4) is 0 Å². The third-order valence-electron chi connectivity index (χ3n) is 6.19. The molecule has 0 aliphatic carbocycles. The van der Waals surface area contributed by atoms with E-state index in [9.17, 15) is 4.79 Å². The molecule has 0 aromatic heterocycles. The molecule has 28 heavy (non-hydrogen) atoms. The number of allylic oxidation sites excluding steroid dienone is 2. The van der Waals surface area contributed by atoms with Crippen molar-refractivity contribution in [1.29, 1.82) is 0 Å². The molecule has 1 unspecified atom stereocenters. The van der Waals surface area contributed by atoms with Gasteiger partial charge >= 0.3 is 0 Å². The van der Waals surface area contributed by atoms with E-state index < -0.39 is 5.41 Å². The fraction of sp³-hybridized carbons (Fsp3) is 0.542. The third-order valence-corrected chi connectivity index (χ3v) is 6.19. The van der Waals surface area contributed by atoms with Crippen molar-refractivity contribution in [2.75, 3.05) is 13.1 Å². The van der Waals surface area contributed by atoms with Crippen LogP contribution >= 0.6 is 0 Å². The van der Waals surface area contributed by atoms with Crippen molar-refractivity contribution >= 4 is 5.91 Å². The van der Waals surface area contributed by atoms with Crippen LogP contribution in [0, 0.1) is 5.41 Å².